The number of ether oxygens (including phenoxy) is 4. The normalized spacial score (nSPS) is 21.8. The topological polar surface area (TPSA) is 228 Å². The molecule has 4 heterocycles. The number of rotatable bonds is 12. The first-order chi connectivity index (χ1) is 38.2. The van der Waals surface area contributed by atoms with Crippen LogP contribution in [-0.2, 0) is 31.9 Å². The third kappa shape index (κ3) is 11.1. The first kappa shape index (κ1) is 57.1. The van der Waals surface area contributed by atoms with Gasteiger partial charge in [0, 0.05) is 46.4 Å². The van der Waals surface area contributed by atoms with E-state index >= 15 is 0 Å². The summed E-state index contributed by atoms with van der Waals surface area (Å²) in [6.45, 7) is -2.60. The second-order valence-corrected chi connectivity index (χ2v) is 20.6. The number of carboxylic acid groups (broad SMARTS) is 2. The Morgan fingerprint density at radius 2 is 0.963 bits per heavy atom. The summed E-state index contributed by atoms with van der Waals surface area (Å²) in [7, 11) is 2.59. The van der Waals surface area contributed by atoms with Crippen LogP contribution in [0.25, 0.3) is 22.1 Å². The molecule has 0 radical (unpaired) electrons. The van der Waals surface area contributed by atoms with E-state index in [1.54, 1.807) is 33.4 Å². The van der Waals surface area contributed by atoms with Crippen LogP contribution in [0.1, 0.15) is 136 Å². The van der Waals surface area contributed by atoms with E-state index in [9.17, 15) is 65.9 Å². The van der Waals surface area contributed by atoms with Gasteiger partial charge in [0.15, 0.2) is 0 Å². The van der Waals surface area contributed by atoms with Gasteiger partial charge >= 0.3 is 37.3 Å². The fourth-order valence-electron chi connectivity index (χ4n) is 12.1. The van der Waals surface area contributed by atoms with Gasteiger partial charge in [0.1, 0.15) is 47.0 Å². The molecule has 4 N–H and O–H groups in total. The number of carbonyl (C=O) groups is 4. The summed E-state index contributed by atoms with van der Waals surface area (Å²) in [6, 6.07) is 11.8. The van der Waals surface area contributed by atoms with Crippen molar-refractivity contribution >= 4 is 57.6 Å². The maximum atomic E-state index is 14.3. The number of carbonyl (C=O) groups excluding carboxylic acids is 2. The minimum absolute atomic E-state index is 0.0485. The summed E-state index contributed by atoms with van der Waals surface area (Å²) < 4.78 is 104. The second-order valence-electron chi connectivity index (χ2n) is 20.6. The van der Waals surface area contributed by atoms with Gasteiger partial charge in [-0.2, -0.15) is 17.6 Å². The Morgan fingerprint density at radius 1 is 0.575 bits per heavy atom. The zero-order chi connectivity index (χ0) is 57.4. The van der Waals surface area contributed by atoms with E-state index in [2.05, 4.69) is 9.47 Å². The van der Waals surface area contributed by atoms with E-state index in [1.807, 2.05) is 13.8 Å². The lowest BCUT2D eigenvalue weighted by Crippen LogP contribution is -2.42. The maximum absolute atomic E-state index is 14.3. The largest absolute Gasteiger partial charge is 0.481 e. The first-order valence-corrected chi connectivity index (χ1v) is 26.3. The molecular formula is C56H60F6N6O12. The molecule has 24 heteroatoms. The zero-order valence-electron chi connectivity index (χ0n) is 44.0. The van der Waals surface area contributed by atoms with Crippen molar-refractivity contribution in [1.82, 2.24) is 19.1 Å². The van der Waals surface area contributed by atoms with E-state index in [0.29, 0.717) is 97.6 Å². The SMILES string of the molecule is COC(=O)N1c2ccc3c(nc([C@@H](O)c4cc(F)ccc4OC(F)F)n3[C@@H]3CCC[C@@H](C(=O)O)C3)c2CC[C@@H]1C.COC(=O)N1c2ccc3c(nc([C@H](O)c4cc(F)ccc4OC(F)F)n3[C@@H]3CCC[C@@H](C(=O)O)C3)c2CC[C@@H]1C. The van der Waals surface area contributed by atoms with Crippen LogP contribution in [0.3, 0.4) is 0 Å². The number of aliphatic hydroxyl groups is 2. The van der Waals surface area contributed by atoms with Crippen LogP contribution >= 0.6 is 0 Å². The minimum atomic E-state index is -3.21. The quantitative estimate of drug-likeness (QED) is 0.0836. The minimum Gasteiger partial charge on any atom is -0.481 e. The average molecular weight is 1120 g/mol. The number of amides is 2. The van der Waals surface area contributed by atoms with Gasteiger partial charge in [-0.1, -0.05) is 12.8 Å². The predicted octanol–water partition coefficient (Wildman–Crippen LogP) is 11.2. The van der Waals surface area contributed by atoms with Crippen molar-refractivity contribution < 1.29 is 84.9 Å². The lowest BCUT2D eigenvalue weighted by Gasteiger charge is -2.34. The number of hydrogen-bond acceptors (Lipinski definition) is 12. The van der Waals surface area contributed by atoms with Crippen molar-refractivity contribution in [2.24, 2.45) is 11.8 Å². The molecule has 4 aliphatic rings. The summed E-state index contributed by atoms with van der Waals surface area (Å²) in [5.74, 6) is -5.29. The van der Waals surface area contributed by atoms with Gasteiger partial charge < -0.3 is 48.5 Å². The van der Waals surface area contributed by atoms with Gasteiger partial charge in [-0.15, -0.1) is 0 Å². The molecule has 2 saturated carbocycles. The third-order valence-electron chi connectivity index (χ3n) is 15.9. The smallest absolute Gasteiger partial charge is 0.414 e. The van der Waals surface area contributed by atoms with Crippen LogP contribution < -0.4 is 19.3 Å². The highest BCUT2D eigenvalue weighted by Crippen LogP contribution is 2.46. The van der Waals surface area contributed by atoms with Crippen molar-refractivity contribution in [3.05, 3.63) is 106 Å². The number of nitrogens with zero attached hydrogens (tertiary/aromatic N) is 6. The molecule has 2 amide bonds. The molecule has 10 rings (SSSR count). The summed E-state index contributed by atoms with van der Waals surface area (Å²) in [6.07, 6.45) is 1.96. The highest BCUT2D eigenvalue weighted by molar-refractivity contribution is 5.97. The van der Waals surface area contributed by atoms with Crippen LogP contribution in [0.2, 0.25) is 0 Å². The van der Waals surface area contributed by atoms with Crippen molar-refractivity contribution in [3.63, 3.8) is 0 Å². The van der Waals surface area contributed by atoms with Crippen molar-refractivity contribution in [2.45, 2.75) is 140 Å². The Kier molecular flexibility index (Phi) is 16.9. The third-order valence-corrected chi connectivity index (χ3v) is 15.9. The van der Waals surface area contributed by atoms with Gasteiger partial charge in [-0.05, 0) is 139 Å². The Bertz CT molecular complexity index is 3100. The van der Waals surface area contributed by atoms with E-state index in [-0.39, 0.29) is 59.8 Å². The van der Waals surface area contributed by atoms with Crippen LogP contribution in [0, 0.1) is 23.5 Å². The summed E-state index contributed by atoms with van der Waals surface area (Å²) in [4.78, 5) is 61.5. The molecule has 0 bridgehead atoms. The Balaban J connectivity index is 0.000000194. The second kappa shape index (κ2) is 23.6. The van der Waals surface area contributed by atoms with E-state index in [1.165, 1.54) is 24.0 Å². The lowest BCUT2D eigenvalue weighted by atomic mass is 9.85. The van der Waals surface area contributed by atoms with Crippen LogP contribution in [0.5, 0.6) is 11.5 Å². The number of halogens is 6. The Morgan fingerprint density at radius 3 is 1.31 bits per heavy atom. The molecule has 2 aliphatic carbocycles. The van der Waals surface area contributed by atoms with Crippen molar-refractivity contribution in [3.8, 4) is 11.5 Å². The van der Waals surface area contributed by atoms with E-state index < -0.39 is 84.5 Å². The molecule has 428 valence electrons. The van der Waals surface area contributed by atoms with E-state index in [4.69, 9.17) is 19.4 Å². The van der Waals surface area contributed by atoms with Gasteiger partial charge in [0.2, 0.25) is 0 Å². The number of imidazole rings is 2. The molecule has 4 aromatic carbocycles. The van der Waals surface area contributed by atoms with E-state index in [0.717, 1.165) is 47.5 Å². The fraction of sp³-hybridized carbons (Fsp3) is 0.464. The lowest BCUT2D eigenvalue weighted by molar-refractivity contribution is -0.144. The van der Waals surface area contributed by atoms with Crippen LogP contribution in [-0.4, -0.2) is 103 Å². The molecule has 2 aliphatic heterocycles. The number of aliphatic carboxylic acids is 2. The number of aryl methyl sites for hydroxylation is 2. The number of aromatic nitrogens is 4. The summed E-state index contributed by atoms with van der Waals surface area (Å²) in [5.41, 5.74) is 4.36. The van der Waals surface area contributed by atoms with Crippen LogP contribution in [0.4, 0.5) is 47.3 Å². The fourth-order valence-corrected chi connectivity index (χ4v) is 12.1. The monoisotopic (exact) mass is 1120 g/mol. The highest BCUT2D eigenvalue weighted by atomic mass is 19.3. The van der Waals surface area contributed by atoms with Gasteiger partial charge in [0.25, 0.3) is 0 Å². The predicted molar refractivity (Wildman–Crippen MR) is 276 cm³/mol. The van der Waals surface area contributed by atoms with Crippen molar-refractivity contribution in [1.29, 1.82) is 0 Å². The standard InChI is InChI=1S/2C28H30F3N3O6/c2*1-14-6-8-18-20(33(14)28(38)39-2)9-10-21-23(18)32-25(34(21)17-5-3-4-15(12-17)26(36)37)24(35)19-13-16(29)7-11-22(19)40-27(30)31/h2*7,9-11,13-15,17,24,27,35H,3-6,8,12H2,1-2H3,(H,36,37)/t14-,15+,17+,24+;14-,15+,17+,24-/m00/s1. The van der Waals surface area contributed by atoms with Gasteiger partial charge in [0.05, 0.1) is 59.5 Å². The number of alkyl halides is 4. The van der Waals surface area contributed by atoms with Gasteiger partial charge in [-0.3, -0.25) is 19.4 Å². The molecule has 2 fully saturated rings. The summed E-state index contributed by atoms with van der Waals surface area (Å²) in [5, 5.41) is 42.5. The molecule has 0 saturated heterocycles. The number of aliphatic hydroxyl groups excluding tert-OH is 2. The Labute approximate surface area is 454 Å². The zero-order valence-corrected chi connectivity index (χ0v) is 44.0. The highest BCUT2D eigenvalue weighted by Gasteiger charge is 2.39. The molecule has 0 spiro atoms. The molecular weight excluding hydrogens is 1060 g/mol. The number of carboxylic acids is 2. The number of benzene rings is 4. The average Bonchev–Trinajstić information content (AvgIpc) is 4.25. The number of methoxy groups -OCH3 is 2. The molecule has 2 aromatic heterocycles. The molecule has 6 aromatic rings. The molecule has 18 nitrogen and oxygen atoms in total. The van der Waals surface area contributed by atoms with Crippen LogP contribution in [0.15, 0.2) is 60.7 Å². The molecule has 8 atom stereocenters. The number of fused-ring (bicyclic) bond motifs is 6. The summed E-state index contributed by atoms with van der Waals surface area (Å²) >= 11 is 0. The van der Waals surface area contributed by atoms with Crippen molar-refractivity contribution in [2.75, 3.05) is 24.0 Å². The Hall–Kier alpha value is -7.60. The van der Waals surface area contributed by atoms with Gasteiger partial charge in [-0.25, -0.2) is 28.3 Å². The number of hydrogen-bond donors (Lipinski definition) is 4. The number of anilines is 2. The first-order valence-electron chi connectivity index (χ1n) is 26.3. The molecule has 80 heavy (non-hydrogen) atoms. The maximum Gasteiger partial charge on any atom is 0.414 e. The molecule has 0 unspecified atom stereocenters.